The molecule has 9 nitrogen and oxygen atoms in total. The van der Waals surface area contributed by atoms with Gasteiger partial charge in [-0.05, 0) is 18.2 Å². The molecule has 0 radical (unpaired) electrons. The zero-order chi connectivity index (χ0) is 19.5. The number of hydrogen-bond donors (Lipinski definition) is 1. The van der Waals surface area contributed by atoms with Crippen LogP contribution in [0.3, 0.4) is 0 Å². The van der Waals surface area contributed by atoms with Crippen molar-refractivity contribution in [1.29, 1.82) is 0 Å². The van der Waals surface area contributed by atoms with E-state index in [0.29, 0.717) is 11.9 Å². The summed E-state index contributed by atoms with van der Waals surface area (Å²) < 4.78 is 45.9. The first-order valence-corrected chi connectivity index (χ1v) is 9.05. The molecule has 0 aliphatic carbocycles. The minimum atomic E-state index is -4.03. The van der Waals surface area contributed by atoms with E-state index >= 15 is 0 Å². The summed E-state index contributed by atoms with van der Waals surface area (Å²) in [5, 5.41) is 0. The van der Waals surface area contributed by atoms with Crippen molar-refractivity contribution in [2.45, 2.75) is 11.4 Å². The molecule has 0 spiro atoms. The predicted molar refractivity (Wildman–Crippen MR) is 95.5 cm³/mol. The number of benzene rings is 1. The van der Waals surface area contributed by atoms with Gasteiger partial charge in [0.25, 0.3) is 0 Å². The van der Waals surface area contributed by atoms with Crippen LogP contribution in [0.25, 0.3) is 0 Å². The lowest BCUT2D eigenvalue weighted by molar-refractivity contribution is 0.400. The van der Waals surface area contributed by atoms with E-state index < -0.39 is 15.8 Å². The molecule has 0 fully saturated rings. The van der Waals surface area contributed by atoms with E-state index in [4.69, 9.17) is 4.74 Å². The third-order valence-electron chi connectivity index (χ3n) is 3.29. The van der Waals surface area contributed by atoms with Crippen molar-refractivity contribution in [3.63, 3.8) is 0 Å². The maximum Gasteiger partial charge on any atom is 0.244 e. The Kier molecular flexibility index (Phi) is 5.93. The maximum atomic E-state index is 13.5. The molecular weight excluding hydrogens is 363 g/mol. The number of nitrogens with zero attached hydrogens (tertiary/aromatic N) is 5. The highest BCUT2D eigenvalue weighted by Gasteiger charge is 2.21. The first-order chi connectivity index (χ1) is 12.1. The van der Waals surface area contributed by atoms with Crippen LogP contribution in [0.2, 0.25) is 0 Å². The molecule has 0 saturated carbocycles. The largest absolute Gasteiger partial charge is 0.495 e. The van der Waals surface area contributed by atoms with Crippen LogP contribution in [-0.4, -0.2) is 58.7 Å². The van der Waals surface area contributed by atoms with E-state index in [1.165, 1.54) is 13.2 Å². The quantitative estimate of drug-likeness (QED) is 0.742. The number of hydrogen-bond acceptors (Lipinski definition) is 8. The Labute approximate surface area is 151 Å². The molecule has 26 heavy (non-hydrogen) atoms. The van der Waals surface area contributed by atoms with Crippen molar-refractivity contribution < 1.29 is 17.5 Å². The zero-order valence-electron chi connectivity index (χ0n) is 15.2. The fourth-order valence-corrected chi connectivity index (χ4v) is 3.13. The Bertz CT molecular complexity index is 863. The average Bonchev–Trinajstić information content (AvgIpc) is 2.59. The first-order valence-electron chi connectivity index (χ1n) is 7.57. The van der Waals surface area contributed by atoms with Gasteiger partial charge in [-0.1, -0.05) is 0 Å². The Hall–Kier alpha value is -2.53. The van der Waals surface area contributed by atoms with Gasteiger partial charge in [0.05, 0.1) is 13.7 Å². The van der Waals surface area contributed by atoms with Crippen LogP contribution in [-0.2, 0) is 16.6 Å². The Morgan fingerprint density at radius 1 is 1.08 bits per heavy atom. The number of ether oxygens (including phenoxy) is 1. The normalized spacial score (nSPS) is 11.3. The van der Waals surface area contributed by atoms with Crippen LogP contribution in [0.15, 0.2) is 23.1 Å². The van der Waals surface area contributed by atoms with Crippen LogP contribution in [0.1, 0.15) is 5.82 Å². The molecule has 1 heterocycles. The number of rotatable bonds is 7. The third-order valence-corrected chi connectivity index (χ3v) is 4.72. The van der Waals surface area contributed by atoms with E-state index in [0.717, 1.165) is 12.1 Å². The first kappa shape index (κ1) is 19.8. The van der Waals surface area contributed by atoms with E-state index in [9.17, 15) is 12.8 Å². The molecule has 0 bridgehead atoms. The van der Waals surface area contributed by atoms with E-state index in [1.807, 2.05) is 0 Å². The summed E-state index contributed by atoms with van der Waals surface area (Å²) in [6.07, 6.45) is 0. The fraction of sp³-hybridized carbons (Fsp3) is 0.400. The minimum Gasteiger partial charge on any atom is -0.495 e. The number of aromatic nitrogens is 3. The molecule has 0 aliphatic rings. The van der Waals surface area contributed by atoms with Gasteiger partial charge < -0.3 is 14.5 Å². The number of sulfonamides is 1. The molecule has 2 aromatic rings. The molecule has 0 saturated heterocycles. The van der Waals surface area contributed by atoms with E-state index in [-0.39, 0.29) is 23.0 Å². The van der Waals surface area contributed by atoms with Crippen LogP contribution >= 0.6 is 0 Å². The molecule has 0 aliphatic heterocycles. The summed E-state index contributed by atoms with van der Waals surface area (Å²) >= 11 is 0. The number of methoxy groups -OCH3 is 1. The smallest absolute Gasteiger partial charge is 0.244 e. The molecule has 142 valence electrons. The van der Waals surface area contributed by atoms with Crippen LogP contribution in [0.4, 0.5) is 16.3 Å². The Morgan fingerprint density at radius 2 is 1.65 bits per heavy atom. The van der Waals surface area contributed by atoms with Crippen LogP contribution in [0, 0.1) is 5.82 Å². The van der Waals surface area contributed by atoms with Gasteiger partial charge in [-0.3, -0.25) is 0 Å². The van der Waals surface area contributed by atoms with E-state index in [1.54, 1.807) is 38.0 Å². The minimum absolute atomic E-state index is 0.0394. The van der Waals surface area contributed by atoms with Gasteiger partial charge in [-0.25, -0.2) is 17.5 Å². The van der Waals surface area contributed by atoms with Crippen molar-refractivity contribution in [2.24, 2.45) is 0 Å². The summed E-state index contributed by atoms with van der Waals surface area (Å²) in [4.78, 5) is 15.8. The molecule has 0 atom stereocenters. The van der Waals surface area contributed by atoms with Crippen molar-refractivity contribution in [3.8, 4) is 5.75 Å². The van der Waals surface area contributed by atoms with E-state index in [2.05, 4.69) is 19.7 Å². The SMILES string of the molecule is COc1ccc(F)cc1S(=O)(=O)NCc1nc(N(C)C)nc(N(C)C)n1. The maximum absolute atomic E-state index is 13.5. The van der Waals surface area contributed by atoms with Gasteiger partial charge in [-0.2, -0.15) is 15.0 Å². The highest BCUT2D eigenvalue weighted by Crippen LogP contribution is 2.24. The number of anilines is 2. The number of halogens is 1. The van der Waals surface area contributed by atoms with Gasteiger partial charge in [-0.15, -0.1) is 0 Å². The highest BCUT2D eigenvalue weighted by molar-refractivity contribution is 7.89. The summed E-state index contributed by atoms with van der Waals surface area (Å²) in [6, 6.07) is 3.27. The molecule has 1 N–H and O–H groups in total. The monoisotopic (exact) mass is 384 g/mol. The van der Waals surface area contributed by atoms with Gasteiger partial charge in [0.1, 0.15) is 16.5 Å². The second-order valence-electron chi connectivity index (χ2n) is 5.76. The lowest BCUT2D eigenvalue weighted by atomic mass is 10.3. The Morgan fingerprint density at radius 3 is 2.15 bits per heavy atom. The van der Waals surface area contributed by atoms with Crippen molar-refractivity contribution in [1.82, 2.24) is 19.7 Å². The molecule has 0 amide bonds. The second kappa shape index (κ2) is 7.79. The molecule has 1 aromatic carbocycles. The van der Waals surface area contributed by atoms with Gasteiger partial charge >= 0.3 is 0 Å². The predicted octanol–water partition coefficient (Wildman–Crippen LogP) is 0.630. The molecule has 2 rings (SSSR count). The topological polar surface area (TPSA) is 101 Å². The lowest BCUT2D eigenvalue weighted by Gasteiger charge is -2.16. The van der Waals surface area contributed by atoms with Gasteiger partial charge in [0.2, 0.25) is 21.9 Å². The summed E-state index contributed by atoms with van der Waals surface area (Å²) in [5.74, 6) is 0.363. The standard InChI is InChI=1S/C15H21FN6O3S/c1-21(2)14-18-13(19-15(20-14)22(3)4)9-17-26(23,24)12-8-10(16)6-7-11(12)25-5/h6-8,17H,9H2,1-5H3. The van der Waals surface area contributed by atoms with Gasteiger partial charge in [0, 0.05) is 28.2 Å². The molecular formula is C15H21FN6O3S. The van der Waals surface area contributed by atoms with Crippen molar-refractivity contribution >= 4 is 21.9 Å². The van der Waals surface area contributed by atoms with Crippen molar-refractivity contribution in [2.75, 3.05) is 45.1 Å². The Balaban J connectivity index is 2.31. The summed E-state index contributed by atoms with van der Waals surface area (Å²) in [6.45, 7) is -0.188. The van der Waals surface area contributed by atoms with Crippen LogP contribution < -0.4 is 19.3 Å². The third kappa shape index (κ3) is 4.55. The van der Waals surface area contributed by atoms with Crippen molar-refractivity contribution in [3.05, 3.63) is 29.8 Å². The molecule has 11 heteroatoms. The van der Waals surface area contributed by atoms with Crippen LogP contribution in [0.5, 0.6) is 5.75 Å². The lowest BCUT2D eigenvalue weighted by Crippen LogP contribution is -2.27. The molecule has 0 unspecified atom stereocenters. The number of nitrogens with one attached hydrogen (secondary N) is 1. The molecule has 1 aromatic heterocycles. The van der Waals surface area contributed by atoms with Gasteiger partial charge in [0.15, 0.2) is 5.82 Å². The highest BCUT2D eigenvalue weighted by atomic mass is 32.2. The second-order valence-corrected chi connectivity index (χ2v) is 7.50. The summed E-state index contributed by atoms with van der Waals surface area (Å²) in [5.41, 5.74) is 0. The summed E-state index contributed by atoms with van der Waals surface area (Å²) in [7, 11) is 4.33. The fourth-order valence-electron chi connectivity index (χ4n) is 1.97. The zero-order valence-corrected chi connectivity index (χ0v) is 16.0. The average molecular weight is 384 g/mol.